The van der Waals surface area contributed by atoms with Gasteiger partial charge in [-0.2, -0.15) is 5.10 Å². The first-order valence-electron chi connectivity index (χ1n) is 4.99. The summed E-state index contributed by atoms with van der Waals surface area (Å²) in [5, 5.41) is 4.17. The summed E-state index contributed by atoms with van der Waals surface area (Å²) in [6, 6.07) is 4.11. The highest BCUT2D eigenvalue weighted by Gasteiger charge is 2.17. The van der Waals surface area contributed by atoms with Gasteiger partial charge in [0.25, 0.3) is 0 Å². The zero-order valence-electron chi connectivity index (χ0n) is 9.85. The number of nitrogens with one attached hydrogen (secondary N) is 1. The summed E-state index contributed by atoms with van der Waals surface area (Å²) in [5.41, 5.74) is 7.83. The number of halogens is 2. The van der Waals surface area contributed by atoms with E-state index in [0.717, 1.165) is 0 Å². The fraction of sp³-hybridized carbons (Fsp3) is 0.200. The van der Waals surface area contributed by atoms with Crippen molar-refractivity contribution in [1.29, 1.82) is 0 Å². The molecular weight excluding hydrogens is 329 g/mol. The smallest absolute Gasteiger partial charge is 0.184 e. The van der Waals surface area contributed by atoms with E-state index in [2.05, 4.69) is 22.7 Å². The van der Waals surface area contributed by atoms with E-state index in [1.165, 1.54) is 18.2 Å². The lowest BCUT2D eigenvalue weighted by molar-refractivity contribution is 0.599. The molecule has 0 aliphatic heterocycles. The van der Waals surface area contributed by atoms with Gasteiger partial charge in [0, 0.05) is 0 Å². The van der Waals surface area contributed by atoms with Crippen LogP contribution in [-0.2, 0) is 9.84 Å². The Morgan fingerprint density at radius 2 is 2.05 bits per heavy atom. The SMILES string of the molecule is C/C(CS(=O)(=O)c1ccc(Cl)c(Cl)c1)=N\NC(N)=S. The summed E-state index contributed by atoms with van der Waals surface area (Å²) in [5.74, 6) is -0.277. The van der Waals surface area contributed by atoms with Gasteiger partial charge in [0.1, 0.15) is 0 Å². The Bertz CT molecular complexity index is 630. The molecule has 0 bridgehead atoms. The van der Waals surface area contributed by atoms with Gasteiger partial charge >= 0.3 is 0 Å². The summed E-state index contributed by atoms with van der Waals surface area (Å²) in [7, 11) is -3.54. The van der Waals surface area contributed by atoms with Crippen LogP contribution in [0.4, 0.5) is 0 Å². The maximum atomic E-state index is 12.1. The van der Waals surface area contributed by atoms with Crippen LogP contribution in [0.1, 0.15) is 6.92 Å². The number of rotatable bonds is 4. The number of hydrogen-bond acceptors (Lipinski definition) is 4. The van der Waals surface area contributed by atoms with Gasteiger partial charge < -0.3 is 5.73 Å². The van der Waals surface area contributed by atoms with Gasteiger partial charge in [0.15, 0.2) is 14.9 Å². The zero-order chi connectivity index (χ0) is 14.6. The molecule has 0 amide bonds. The summed E-state index contributed by atoms with van der Waals surface area (Å²) >= 11 is 16.1. The van der Waals surface area contributed by atoms with Crippen LogP contribution in [0.25, 0.3) is 0 Å². The lowest BCUT2D eigenvalue weighted by Gasteiger charge is -2.06. The third kappa shape index (κ3) is 4.94. The predicted octanol–water partition coefficient (Wildman–Crippen LogP) is 1.98. The summed E-state index contributed by atoms with van der Waals surface area (Å²) < 4.78 is 24.2. The first kappa shape index (κ1) is 16.2. The molecule has 0 saturated heterocycles. The third-order valence-corrected chi connectivity index (χ3v) is 4.61. The normalized spacial score (nSPS) is 12.3. The minimum atomic E-state index is -3.54. The van der Waals surface area contributed by atoms with Gasteiger partial charge in [-0.05, 0) is 37.3 Å². The fourth-order valence-electron chi connectivity index (χ4n) is 1.21. The van der Waals surface area contributed by atoms with Crippen molar-refractivity contribution in [1.82, 2.24) is 5.43 Å². The number of benzene rings is 1. The van der Waals surface area contributed by atoms with Crippen LogP contribution in [0.5, 0.6) is 0 Å². The topological polar surface area (TPSA) is 84.5 Å². The Morgan fingerprint density at radius 1 is 1.42 bits per heavy atom. The molecular formula is C10H11Cl2N3O2S2. The Labute approximate surface area is 126 Å². The van der Waals surface area contributed by atoms with Gasteiger partial charge in [-0.3, -0.25) is 5.43 Å². The Hall–Kier alpha value is -0.890. The fourth-order valence-corrected chi connectivity index (χ4v) is 2.97. The van der Waals surface area contributed by atoms with Crippen molar-refractivity contribution in [2.24, 2.45) is 10.8 Å². The number of nitrogens with two attached hydrogens (primary N) is 1. The number of nitrogens with zero attached hydrogens (tertiary/aromatic N) is 1. The molecule has 1 aromatic carbocycles. The molecule has 0 heterocycles. The Kier molecular flexibility index (Phi) is 5.54. The molecule has 5 nitrogen and oxygen atoms in total. The first-order valence-corrected chi connectivity index (χ1v) is 7.80. The lowest BCUT2D eigenvalue weighted by Crippen LogP contribution is -2.26. The number of hydrazone groups is 1. The zero-order valence-corrected chi connectivity index (χ0v) is 13.0. The highest BCUT2D eigenvalue weighted by molar-refractivity contribution is 7.92. The van der Waals surface area contributed by atoms with Crippen LogP contribution in [0.3, 0.4) is 0 Å². The van der Waals surface area contributed by atoms with E-state index in [-0.39, 0.29) is 20.8 Å². The molecule has 0 unspecified atom stereocenters. The maximum absolute atomic E-state index is 12.1. The number of hydrogen-bond donors (Lipinski definition) is 2. The minimum Gasteiger partial charge on any atom is -0.375 e. The van der Waals surface area contributed by atoms with E-state index in [4.69, 9.17) is 28.9 Å². The quantitative estimate of drug-likeness (QED) is 0.497. The third-order valence-electron chi connectivity index (χ3n) is 2.01. The molecule has 3 N–H and O–H groups in total. The van der Waals surface area contributed by atoms with E-state index in [9.17, 15) is 8.42 Å². The molecule has 9 heteroatoms. The standard InChI is InChI=1S/C10H11Cl2N3O2S2/c1-6(14-15-10(13)18)5-19(16,17)7-2-3-8(11)9(12)4-7/h2-4H,5H2,1H3,(H3,13,15,18)/b14-6+. The molecule has 0 saturated carbocycles. The molecule has 0 atom stereocenters. The van der Waals surface area contributed by atoms with Crippen LogP contribution < -0.4 is 11.2 Å². The van der Waals surface area contributed by atoms with Crippen molar-refractivity contribution in [3.8, 4) is 0 Å². The summed E-state index contributed by atoms with van der Waals surface area (Å²) in [6.45, 7) is 1.54. The van der Waals surface area contributed by atoms with Crippen molar-refractivity contribution in [3.63, 3.8) is 0 Å². The molecule has 19 heavy (non-hydrogen) atoms. The van der Waals surface area contributed by atoms with E-state index < -0.39 is 9.84 Å². The highest BCUT2D eigenvalue weighted by atomic mass is 35.5. The summed E-state index contributed by atoms with van der Waals surface area (Å²) in [6.07, 6.45) is 0. The van der Waals surface area contributed by atoms with Gasteiger partial charge in [0.2, 0.25) is 0 Å². The Balaban J connectivity index is 2.95. The number of thiocarbonyl (C=S) groups is 1. The average Bonchev–Trinajstić information content (AvgIpc) is 2.29. The van der Waals surface area contributed by atoms with Crippen LogP contribution in [0, 0.1) is 0 Å². The monoisotopic (exact) mass is 339 g/mol. The largest absolute Gasteiger partial charge is 0.375 e. The molecule has 0 aromatic heterocycles. The second-order valence-electron chi connectivity index (χ2n) is 3.66. The molecule has 0 aliphatic carbocycles. The molecule has 1 rings (SSSR count). The van der Waals surface area contributed by atoms with E-state index >= 15 is 0 Å². The van der Waals surface area contributed by atoms with Gasteiger partial charge in [-0.1, -0.05) is 23.2 Å². The van der Waals surface area contributed by atoms with Crippen molar-refractivity contribution >= 4 is 56.1 Å². The van der Waals surface area contributed by atoms with Crippen LogP contribution in [0.15, 0.2) is 28.2 Å². The molecule has 0 aliphatic rings. The van der Waals surface area contributed by atoms with Crippen molar-refractivity contribution in [2.45, 2.75) is 11.8 Å². The van der Waals surface area contributed by atoms with Crippen LogP contribution >= 0.6 is 35.4 Å². The molecule has 104 valence electrons. The minimum absolute atomic E-state index is 0.0358. The first-order chi connectivity index (χ1) is 8.72. The van der Waals surface area contributed by atoms with Crippen LogP contribution in [-0.4, -0.2) is 25.0 Å². The van der Waals surface area contributed by atoms with E-state index in [1.54, 1.807) is 6.92 Å². The maximum Gasteiger partial charge on any atom is 0.184 e. The van der Waals surface area contributed by atoms with Gasteiger partial charge in [-0.15, -0.1) is 0 Å². The van der Waals surface area contributed by atoms with Crippen molar-refractivity contribution in [3.05, 3.63) is 28.2 Å². The average molecular weight is 340 g/mol. The predicted molar refractivity (Wildman–Crippen MR) is 81.5 cm³/mol. The lowest BCUT2D eigenvalue weighted by atomic mass is 10.4. The van der Waals surface area contributed by atoms with Crippen LogP contribution in [0.2, 0.25) is 10.0 Å². The van der Waals surface area contributed by atoms with Gasteiger partial charge in [0.05, 0.1) is 26.4 Å². The molecule has 1 aromatic rings. The summed E-state index contributed by atoms with van der Waals surface area (Å²) in [4.78, 5) is 0.0757. The van der Waals surface area contributed by atoms with E-state index in [1.807, 2.05) is 0 Å². The Morgan fingerprint density at radius 3 is 2.58 bits per heavy atom. The van der Waals surface area contributed by atoms with Crippen molar-refractivity contribution < 1.29 is 8.42 Å². The number of sulfone groups is 1. The molecule has 0 radical (unpaired) electrons. The van der Waals surface area contributed by atoms with Crippen molar-refractivity contribution in [2.75, 3.05) is 5.75 Å². The second kappa shape index (κ2) is 6.51. The van der Waals surface area contributed by atoms with E-state index in [0.29, 0.717) is 10.7 Å². The second-order valence-corrected chi connectivity index (χ2v) is 6.90. The molecule has 0 spiro atoms. The molecule has 0 fully saturated rings. The highest BCUT2D eigenvalue weighted by Crippen LogP contribution is 2.25. The van der Waals surface area contributed by atoms with Gasteiger partial charge in [-0.25, -0.2) is 8.42 Å².